The summed E-state index contributed by atoms with van der Waals surface area (Å²) in [5.74, 6) is 0.113. The molecule has 0 bridgehead atoms. The molecule has 17 heavy (non-hydrogen) atoms. The second kappa shape index (κ2) is 5.96. The number of hydrogen-bond donors (Lipinski definition) is 2. The summed E-state index contributed by atoms with van der Waals surface area (Å²) >= 11 is 0. The predicted octanol–water partition coefficient (Wildman–Crippen LogP) is 1.23. The Morgan fingerprint density at radius 2 is 2.00 bits per heavy atom. The maximum atomic E-state index is 12.2. The average Bonchev–Trinajstić information content (AvgIpc) is 2.14. The Bertz CT molecular complexity index is 304. The minimum atomic E-state index is -1.05. The first-order valence-electron chi connectivity index (χ1n) is 6.19. The van der Waals surface area contributed by atoms with Gasteiger partial charge in [-0.05, 0) is 18.3 Å². The van der Waals surface area contributed by atoms with Gasteiger partial charge in [0.1, 0.15) is 6.04 Å². The van der Waals surface area contributed by atoms with Crippen LogP contribution < -0.4 is 5.32 Å². The molecular weight excluding hydrogens is 238 g/mol. The molecule has 1 heterocycles. The van der Waals surface area contributed by atoms with Crippen molar-refractivity contribution < 1.29 is 14.1 Å². The zero-order chi connectivity index (χ0) is 13.2. The van der Waals surface area contributed by atoms with Gasteiger partial charge in [0.15, 0.2) is 0 Å². The van der Waals surface area contributed by atoms with Crippen LogP contribution >= 0.6 is 0 Å². The van der Waals surface area contributed by atoms with Crippen molar-refractivity contribution in [3.05, 3.63) is 0 Å². The van der Waals surface area contributed by atoms with E-state index in [0.717, 1.165) is 6.42 Å². The molecule has 1 saturated heterocycles. The molecule has 2 N–H and O–H groups in total. The van der Waals surface area contributed by atoms with E-state index < -0.39 is 22.8 Å². The predicted molar refractivity (Wildman–Crippen MR) is 69.4 cm³/mol. The van der Waals surface area contributed by atoms with Crippen LogP contribution in [-0.2, 0) is 15.6 Å². The van der Waals surface area contributed by atoms with Gasteiger partial charge in [0.05, 0.1) is 5.25 Å². The molecule has 5 heteroatoms. The van der Waals surface area contributed by atoms with Crippen molar-refractivity contribution in [3.63, 3.8) is 0 Å². The molecule has 0 radical (unpaired) electrons. The Kier molecular flexibility index (Phi) is 5.13. The Balaban J connectivity index is 2.84. The topological polar surface area (TPSA) is 66.4 Å². The van der Waals surface area contributed by atoms with E-state index in [0.29, 0.717) is 11.8 Å². The molecule has 0 aromatic rings. The van der Waals surface area contributed by atoms with E-state index in [2.05, 4.69) is 33.0 Å². The van der Waals surface area contributed by atoms with Crippen molar-refractivity contribution in [1.82, 2.24) is 5.32 Å². The van der Waals surface area contributed by atoms with Crippen molar-refractivity contribution in [2.45, 2.75) is 51.4 Å². The summed E-state index contributed by atoms with van der Waals surface area (Å²) < 4.78 is 12.2. The van der Waals surface area contributed by atoms with Crippen molar-refractivity contribution >= 4 is 16.8 Å². The van der Waals surface area contributed by atoms with Gasteiger partial charge in [-0.1, -0.05) is 27.7 Å². The van der Waals surface area contributed by atoms with Gasteiger partial charge in [-0.3, -0.25) is 14.3 Å². The van der Waals surface area contributed by atoms with Crippen LogP contribution in [0, 0.1) is 11.8 Å². The smallest absolute Gasteiger partial charge is 0.321 e. The molecule has 4 nitrogen and oxygen atoms in total. The number of rotatable bonds is 4. The van der Waals surface area contributed by atoms with Crippen LogP contribution in [-0.4, -0.2) is 38.4 Å². The summed E-state index contributed by atoms with van der Waals surface area (Å²) in [4.78, 5) is 11.0. The first kappa shape index (κ1) is 14.6. The second-order valence-corrected chi connectivity index (χ2v) is 7.19. The summed E-state index contributed by atoms with van der Waals surface area (Å²) in [6.45, 7) is 8.32. The maximum Gasteiger partial charge on any atom is 0.321 e. The molecule has 0 aliphatic carbocycles. The lowest BCUT2D eigenvalue weighted by atomic mass is 9.94. The first-order valence-corrected chi connectivity index (χ1v) is 7.57. The van der Waals surface area contributed by atoms with Gasteiger partial charge < -0.3 is 5.11 Å². The fraction of sp³-hybridized carbons (Fsp3) is 0.917. The Morgan fingerprint density at radius 1 is 1.41 bits per heavy atom. The van der Waals surface area contributed by atoms with Crippen LogP contribution in [0.3, 0.4) is 0 Å². The molecule has 0 aromatic heterocycles. The van der Waals surface area contributed by atoms with E-state index in [9.17, 15) is 9.00 Å². The number of aliphatic carboxylic acids is 1. The van der Waals surface area contributed by atoms with Crippen LogP contribution in [0.15, 0.2) is 0 Å². The third-order valence-corrected chi connectivity index (χ3v) is 5.27. The number of hydrogen-bond acceptors (Lipinski definition) is 3. The molecule has 4 unspecified atom stereocenters. The summed E-state index contributed by atoms with van der Waals surface area (Å²) in [5, 5.41) is 12.3. The molecule has 4 atom stereocenters. The molecule has 0 aromatic carbocycles. The Morgan fingerprint density at radius 3 is 2.41 bits per heavy atom. The number of carboxylic acid groups (broad SMARTS) is 1. The molecule has 0 spiro atoms. The van der Waals surface area contributed by atoms with E-state index in [1.807, 2.05) is 0 Å². The number of nitrogens with one attached hydrogen (secondary N) is 1. The van der Waals surface area contributed by atoms with E-state index in [-0.39, 0.29) is 17.0 Å². The molecule has 1 fully saturated rings. The summed E-state index contributed by atoms with van der Waals surface area (Å²) in [5.41, 5.74) is 0. The zero-order valence-electron chi connectivity index (χ0n) is 11.0. The third kappa shape index (κ3) is 3.78. The van der Waals surface area contributed by atoms with Crippen molar-refractivity contribution in [2.75, 3.05) is 5.75 Å². The van der Waals surface area contributed by atoms with Gasteiger partial charge in [-0.15, -0.1) is 0 Å². The summed E-state index contributed by atoms with van der Waals surface area (Å²) in [6, 6.07) is -0.611. The highest BCUT2D eigenvalue weighted by Gasteiger charge is 2.39. The lowest BCUT2D eigenvalue weighted by Gasteiger charge is -2.38. The average molecular weight is 261 g/mol. The van der Waals surface area contributed by atoms with Gasteiger partial charge in [-0.25, -0.2) is 0 Å². The van der Waals surface area contributed by atoms with Crippen molar-refractivity contribution in [1.29, 1.82) is 0 Å². The number of carbonyl (C=O) groups is 1. The van der Waals surface area contributed by atoms with E-state index in [1.54, 1.807) is 0 Å². The van der Waals surface area contributed by atoms with Crippen LogP contribution in [0.4, 0.5) is 0 Å². The van der Waals surface area contributed by atoms with Gasteiger partial charge in [0.25, 0.3) is 0 Å². The zero-order valence-corrected chi connectivity index (χ0v) is 11.8. The van der Waals surface area contributed by atoms with Crippen LogP contribution in [0.5, 0.6) is 0 Å². The third-order valence-electron chi connectivity index (χ3n) is 3.13. The van der Waals surface area contributed by atoms with Crippen molar-refractivity contribution in [3.8, 4) is 0 Å². The van der Waals surface area contributed by atoms with Gasteiger partial charge in [-0.2, -0.15) is 0 Å². The minimum Gasteiger partial charge on any atom is -0.480 e. The lowest BCUT2D eigenvalue weighted by Crippen LogP contribution is -2.59. The molecule has 1 aliphatic heterocycles. The number of carboxylic acids is 1. The summed E-state index contributed by atoms with van der Waals surface area (Å²) in [7, 11) is -1.05. The molecule has 1 rings (SSSR count). The van der Waals surface area contributed by atoms with Gasteiger partial charge in [0.2, 0.25) is 0 Å². The molecule has 100 valence electrons. The first-order chi connectivity index (χ1) is 7.82. The molecular formula is C12H23NO3S. The van der Waals surface area contributed by atoms with Crippen LogP contribution in [0.2, 0.25) is 0 Å². The van der Waals surface area contributed by atoms with Gasteiger partial charge in [0, 0.05) is 22.6 Å². The fourth-order valence-electron chi connectivity index (χ4n) is 2.48. The van der Waals surface area contributed by atoms with E-state index >= 15 is 0 Å². The maximum absolute atomic E-state index is 12.2. The van der Waals surface area contributed by atoms with Crippen LogP contribution in [0.25, 0.3) is 0 Å². The Labute approximate surface area is 106 Å². The fourth-order valence-corrected chi connectivity index (χ4v) is 4.43. The molecule has 1 aliphatic rings. The van der Waals surface area contributed by atoms with E-state index in [1.165, 1.54) is 0 Å². The second-order valence-electron chi connectivity index (χ2n) is 5.55. The molecule has 0 saturated carbocycles. The standard InChI is InChI=1S/C12H23NO3S/c1-7(2)5-9-11(8(3)4)17(16)6-10(13-9)12(14)15/h7-11,13H,5-6H2,1-4H3,(H,14,15). The SMILES string of the molecule is CC(C)CC1NC(C(=O)O)CS(=O)C1C(C)C. The van der Waals surface area contributed by atoms with E-state index in [4.69, 9.17) is 5.11 Å². The lowest BCUT2D eigenvalue weighted by molar-refractivity contribution is -0.139. The summed E-state index contributed by atoms with van der Waals surface area (Å²) in [6.07, 6.45) is 0.873. The molecule has 0 amide bonds. The van der Waals surface area contributed by atoms with Crippen LogP contribution in [0.1, 0.15) is 34.1 Å². The Hall–Kier alpha value is -0.420. The quantitative estimate of drug-likeness (QED) is 0.799. The largest absolute Gasteiger partial charge is 0.480 e. The highest BCUT2D eigenvalue weighted by atomic mass is 32.2. The highest BCUT2D eigenvalue weighted by molar-refractivity contribution is 7.85. The van der Waals surface area contributed by atoms with Gasteiger partial charge >= 0.3 is 5.97 Å². The normalized spacial score (nSPS) is 34.2. The highest BCUT2D eigenvalue weighted by Crippen LogP contribution is 2.24. The minimum absolute atomic E-state index is 0.0469. The monoisotopic (exact) mass is 261 g/mol. The van der Waals surface area contributed by atoms with Crippen molar-refractivity contribution in [2.24, 2.45) is 11.8 Å².